The summed E-state index contributed by atoms with van der Waals surface area (Å²) >= 11 is 0. The van der Waals surface area contributed by atoms with Crippen molar-refractivity contribution in [2.75, 3.05) is 26.8 Å². The third-order valence-corrected chi connectivity index (χ3v) is 3.22. The molecule has 1 atom stereocenters. The highest BCUT2D eigenvalue weighted by Gasteiger charge is 2.17. The molecule has 1 saturated heterocycles. The van der Waals surface area contributed by atoms with Gasteiger partial charge < -0.3 is 14.8 Å². The summed E-state index contributed by atoms with van der Waals surface area (Å²) in [5.74, 6) is -0.272. The fourth-order valence-corrected chi connectivity index (χ4v) is 2.17. The summed E-state index contributed by atoms with van der Waals surface area (Å²) in [6, 6.07) is 3.89. The van der Waals surface area contributed by atoms with Crippen molar-refractivity contribution in [1.29, 1.82) is 0 Å². The van der Waals surface area contributed by atoms with Gasteiger partial charge in [0.05, 0.1) is 13.7 Å². The first kappa shape index (κ1) is 13.8. The molecule has 0 bridgehead atoms. The normalized spacial score (nSPS) is 18.9. The molecule has 0 saturated carbocycles. The topological polar surface area (TPSA) is 47.6 Å². The molecule has 0 aliphatic carbocycles. The van der Waals surface area contributed by atoms with Gasteiger partial charge in [0, 0.05) is 12.5 Å². The number of benzene rings is 1. The number of hydrogen-bond acceptors (Lipinski definition) is 4. The summed E-state index contributed by atoms with van der Waals surface area (Å²) in [5, 5.41) is 3.30. The van der Waals surface area contributed by atoms with Crippen LogP contribution in [0.25, 0.3) is 0 Å². The largest absolute Gasteiger partial charge is 0.492 e. The van der Waals surface area contributed by atoms with E-state index in [1.54, 1.807) is 0 Å². The Morgan fingerprint density at radius 1 is 1.53 bits per heavy atom. The summed E-state index contributed by atoms with van der Waals surface area (Å²) in [4.78, 5) is 11.6. The maximum absolute atomic E-state index is 13.2. The summed E-state index contributed by atoms with van der Waals surface area (Å²) in [6.45, 7) is 2.47. The van der Waals surface area contributed by atoms with Gasteiger partial charge >= 0.3 is 5.97 Å². The van der Waals surface area contributed by atoms with Crippen LogP contribution in [0.4, 0.5) is 4.39 Å². The van der Waals surface area contributed by atoms with Gasteiger partial charge in [-0.1, -0.05) is 0 Å². The van der Waals surface area contributed by atoms with Crippen molar-refractivity contribution in [2.24, 2.45) is 5.92 Å². The van der Waals surface area contributed by atoms with Crippen LogP contribution in [0.2, 0.25) is 0 Å². The van der Waals surface area contributed by atoms with Gasteiger partial charge in [-0.15, -0.1) is 0 Å². The molecule has 5 heteroatoms. The minimum atomic E-state index is -0.587. The molecule has 4 nitrogen and oxygen atoms in total. The quantitative estimate of drug-likeness (QED) is 0.848. The van der Waals surface area contributed by atoms with Gasteiger partial charge in [0.2, 0.25) is 0 Å². The van der Waals surface area contributed by atoms with E-state index >= 15 is 0 Å². The summed E-state index contributed by atoms with van der Waals surface area (Å²) < 4.78 is 23.4. The predicted molar refractivity (Wildman–Crippen MR) is 68.8 cm³/mol. The second kappa shape index (κ2) is 6.52. The molecular formula is C14H18FNO3. The van der Waals surface area contributed by atoms with Crippen LogP contribution in [-0.4, -0.2) is 32.8 Å². The molecule has 2 rings (SSSR count). The van der Waals surface area contributed by atoms with Crippen molar-refractivity contribution >= 4 is 5.97 Å². The number of nitrogens with one attached hydrogen (secondary N) is 1. The monoisotopic (exact) mass is 267 g/mol. The van der Waals surface area contributed by atoms with Gasteiger partial charge in [0.25, 0.3) is 0 Å². The zero-order chi connectivity index (χ0) is 13.7. The Balaban J connectivity index is 2.04. The number of ether oxygens (including phenoxy) is 2. The van der Waals surface area contributed by atoms with Gasteiger partial charge in [-0.2, -0.15) is 0 Å². The van der Waals surface area contributed by atoms with Gasteiger partial charge in [-0.05, 0) is 37.6 Å². The Morgan fingerprint density at radius 2 is 2.37 bits per heavy atom. The van der Waals surface area contributed by atoms with Crippen LogP contribution in [0.5, 0.6) is 5.75 Å². The Bertz CT molecular complexity index is 444. The van der Waals surface area contributed by atoms with Gasteiger partial charge in [-0.3, -0.25) is 0 Å². The molecular weight excluding hydrogens is 249 g/mol. The lowest BCUT2D eigenvalue weighted by molar-refractivity contribution is 0.0594. The predicted octanol–water partition coefficient (Wildman–Crippen LogP) is 1.99. The van der Waals surface area contributed by atoms with Gasteiger partial charge in [0.15, 0.2) is 0 Å². The molecule has 0 unspecified atom stereocenters. The molecule has 1 heterocycles. The third-order valence-electron chi connectivity index (χ3n) is 3.22. The molecule has 0 aromatic heterocycles. The SMILES string of the molecule is COC(=O)c1cc(F)ccc1OC[C@@H]1CCCNC1. The Labute approximate surface area is 111 Å². The fourth-order valence-electron chi connectivity index (χ4n) is 2.17. The smallest absolute Gasteiger partial charge is 0.341 e. The second-order valence-corrected chi connectivity index (χ2v) is 4.66. The molecule has 0 radical (unpaired) electrons. The van der Waals surface area contributed by atoms with Crippen molar-refractivity contribution in [1.82, 2.24) is 5.32 Å². The van der Waals surface area contributed by atoms with Crippen molar-refractivity contribution in [3.8, 4) is 5.75 Å². The van der Waals surface area contributed by atoms with Crippen molar-refractivity contribution < 1.29 is 18.7 Å². The van der Waals surface area contributed by atoms with E-state index in [4.69, 9.17) is 4.74 Å². The number of rotatable bonds is 4. The maximum atomic E-state index is 13.2. The van der Waals surface area contributed by atoms with E-state index in [-0.39, 0.29) is 5.56 Å². The lowest BCUT2D eigenvalue weighted by atomic mass is 10.0. The highest BCUT2D eigenvalue weighted by atomic mass is 19.1. The van der Waals surface area contributed by atoms with E-state index in [2.05, 4.69) is 10.1 Å². The van der Waals surface area contributed by atoms with Crippen LogP contribution >= 0.6 is 0 Å². The van der Waals surface area contributed by atoms with Crippen molar-refractivity contribution in [3.05, 3.63) is 29.6 Å². The molecule has 1 aromatic carbocycles. The second-order valence-electron chi connectivity index (χ2n) is 4.66. The average molecular weight is 267 g/mol. The number of halogens is 1. The van der Waals surface area contributed by atoms with Crippen LogP contribution in [-0.2, 0) is 4.74 Å². The van der Waals surface area contributed by atoms with E-state index in [9.17, 15) is 9.18 Å². The third kappa shape index (κ3) is 3.67. The molecule has 1 N–H and O–H groups in total. The molecule has 104 valence electrons. The highest BCUT2D eigenvalue weighted by molar-refractivity contribution is 5.92. The van der Waals surface area contributed by atoms with E-state index in [1.807, 2.05) is 0 Å². The minimum Gasteiger partial charge on any atom is -0.492 e. The molecule has 1 fully saturated rings. The zero-order valence-corrected chi connectivity index (χ0v) is 10.9. The standard InChI is InChI=1S/C14H18FNO3/c1-18-14(17)12-7-11(15)4-5-13(12)19-9-10-3-2-6-16-8-10/h4-5,7,10,16H,2-3,6,8-9H2,1H3/t10-/m1/s1. The Hall–Kier alpha value is -1.62. The molecule has 1 aliphatic heterocycles. The highest BCUT2D eigenvalue weighted by Crippen LogP contribution is 2.22. The van der Waals surface area contributed by atoms with Crippen molar-refractivity contribution in [3.63, 3.8) is 0 Å². The van der Waals surface area contributed by atoms with Gasteiger partial charge in [0.1, 0.15) is 17.1 Å². The first-order valence-electron chi connectivity index (χ1n) is 6.42. The fraction of sp³-hybridized carbons (Fsp3) is 0.500. The average Bonchev–Trinajstić information content (AvgIpc) is 2.46. The van der Waals surface area contributed by atoms with Crippen LogP contribution < -0.4 is 10.1 Å². The van der Waals surface area contributed by atoms with Crippen LogP contribution in [0.15, 0.2) is 18.2 Å². The summed E-state index contributed by atoms with van der Waals surface area (Å²) in [6.07, 6.45) is 2.23. The van der Waals surface area contributed by atoms with Crippen molar-refractivity contribution in [2.45, 2.75) is 12.8 Å². The zero-order valence-electron chi connectivity index (χ0n) is 10.9. The maximum Gasteiger partial charge on any atom is 0.341 e. The Kier molecular flexibility index (Phi) is 4.74. The van der Waals surface area contributed by atoms with Crippen LogP contribution in [0, 0.1) is 11.7 Å². The molecule has 0 amide bonds. The lowest BCUT2D eigenvalue weighted by Gasteiger charge is -2.23. The number of esters is 1. The van der Waals surface area contributed by atoms with E-state index in [0.717, 1.165) is 32.0 Å². The lowest BCUT2D eigenvalue weighted by Crippen LogP contribution is -2.33. The summed E-state index contributed by atoms with van der Waals surface area (Å²) in [7, 11) is 1.27. The van der Waals surface area contributed by atoms with Gasteiger partial charge in [-0.25, -0.2) is 9.18 Å². The molecule has 19 heavy (non-hydrogen) atoms. The minimum absolute atomic E-state index is 0.131. The molecule has 1 aromatic rings. The number of carbonyl (C=O) groups excluding carboxylic acids is 1. The first-order valence-corrected chi connectivity index (χ1v) is 6.42. The van der Waals surface area contributed by atoms with Crippen LogP contribution in [0.1, 0.15) is 23.2 Å². The Morgan fingerprint density at radius 3 is 3.05 bits per heavy atom. The number of hydrogen-bond donors (Lipinski definition) is 1. The summed E-state index contributed by atoms with van der Waals surface area (Å²) in [5.41, 5.74) is 0.131. The number of methoxy groups -OCH3 is 1. The molecule has 0 spiro atoms. The van der Waals surface area contributed by atoms with Crippen LogP contribution in [0.3, 0.4) is 0 Å². The number of carbonyl (C=O) groups is 1. The first-order chi connectivity index (χ1) is 9.20. The number of piperidine rings is 1. The van der Waals surface area contributed by atoms with E-state index < -0.39 is 11.8 Å². The molecule has 1 aliphatic rings. The van der Waals surface area contributed by atoms with E-state index in [0.29, 0.717) is 18.3 Å². The van der Waals surface area contributed by atoms with E-state index in [1.165, 1.54) is 19.2 Å².